The van der Waals surface area contributed by atoms with E-state index in [9.17, 15) is 0 Å². The molecule has 0 saturated heterocycles. The van der Waals surface area contributed by atoms with Crippen LogP contribution in [0.3, 0.4) is 0 Å². The maximum Gasteiger partial charge on any atom is 0.135 e. The predicted octanol–water partition coefficient (Wildman–Crippen LogP) is 3.84. The summed E-state index contributed by atoms with van der Waals surface area (Å²) in [5.74, 6) is 0.680. The number of aromatic nitrogens is 2. The van der Waals surface area contributed by atoms with Crippen LogP contribution < -0.4 is 5.73 Å². The lowest BCUT2D eigenvalue weighted by Gasteiger charge is -2.07. The van der Waals surface area contributed by atoms with Gasteiger partial charge >= 0.3 is 0 Å². The van der Waals surface area contributed by atoms with Gasteiger partial charge in [-0.25, -0.2) is 4.68 Å². The Bertz CT molecular complexity index is 568. The monoisotopic (exact) mass is 425 g/mol. The lowest BCUT2D eigenvalue weighted by Crippen LogP contribution is -2.06. The Morgan fingerprint density at radius 1 is 1.53 bits per heavy atom. The molecule has 1 aromatic carbocycles. The highest BCUT2D eigenvalue weighted by molar-refractivity contribution is 14.1. The molecule has 0 radical (unpaired) electrons. The second-order valence-corrected chi connectivity index (χ2v) is 6.08. The molecule has 0 atom stereocenters. The van der Waals surface area contributed by atoms with Crippen molar-refractivity contribution in [1.82, 2.24) is 9.78 Å². The molecule has 0 unspecified atom stereocenters. The molecule has 17 heavy (non-hydrogen) atoms. The molecule has 2 rings (SSSR count). The summed E-state index contributed by atoms with van der Waals surface area (Å²) in [7, 11) is 0. The molecule has 0 aliphatic rings. The Labute approximate surface area is 127 Å². The van der Waals surface area contributed by atoms with Crippen LogP contribution in [0.2, 0.25) is 5.02 Å². The van der Waals surface area contributed by atoms with E-state index in [2.05, 4.69) is 43.6 Å². The molecule has 90 valence electrons. The Hall–Kier alpha value is -0.270. The lowest BCUT2D eigenvalue weighted by atomic mass is 10.2. The van der Waals surface area contributed by atoms with Gasteiger partial charge in [0, 0.05) is 9.50 Å². The minimum atomic E-state index is 0.577. The molecule has 0 bridgehead atoms. The van der Waals surface area contributed by atoms with Crippen LogP contribution in [0.4, 0.5) is 5.82 Å². The largest absolute Gasteiger partial charge is 0.383 e. The van der Waals surface area contributed by atoms with Crippen LogP contribution in [0.15, 0.2) is 22.7 Å². The molecule has 3 nitrogen and oxygen atoms in total. The summed E-state index contributed by atoms with van der Waals surface area (Å²) in [6.45, 7) is 2.52. The summed E-state index contributed by atoms with van der Waals surface area (Å²) in [6, 6.07) is 5.75. The molecule has 0 fully saturated rings. The highest BCUT2D eigenvalue weighted by atomic mass is 127. The Morgan fingerprint density at radius 3 is 2.82 bits per heavy atom. The molecule has 1 heterocycles. The van der Waals surface area contributed by atoms with Gasteiger partial charge in [0.2, 0.25) is 0 Å². The predicted molar refractivity (Wildman–Crippen MR) is 82.3 cm³/mol. The van der Waals surface area contributed by atoms with Gasteiger partial charge in [0.25, 0.3) is 0 Å². The van der Waals surface area contributed by atoms with Gasteiger partial charge in [-0.1, -0.05) is 27.5 Å². The van der Waals surface area contributed by atoms with E-state index in [-0.39, 0.29) is 0 Å². The number of benzene rings is 1. The van der Waals surface area contributed by atoms with Gasteiger partial charge in [-0.3, -0.25) is 0 Å². The molecule has 0 aliphatic carbocycles. The molecule has 1 aromatic heterocycles. The minimum Gasteiger partial charge on any atom is -0.383 e. The van der Waals surface area contributed by atoms with E-state index in [0.717, 1.165) is 24.3 Å². The first-order chi connectivity index (χ1) is 7.99. The number of hydrogen-bond acceptors (Lipinski definition) is 2. The number of halogens is 3. The molecule has 0 aliphatic heterocycles. The van der Waals surface area contributed by atoms with E-state index >= 15 is 0 Å². The zero-order valence-corrected chi connectivity index (χ0v) is 13.5. The number of nitrogen functional groups attached to an aromatic ring is 1. The fourth-order valence-corrected chi connectivity index (χ4v) is 2.50. The summed E-state index contributed by atoms with van der Waals surface area (Å²) in [4.78, 5) is 0. The molecule has 2 N–H and O–H groups in total. The first-order valence-corrected chi connectivity index (χ1v) is 7.16. The lowest BCUT2D eigenvalue weighted by molar-refractivity contribution is 0.689. The maximum absolute atomic E-state index is 6.14. The van der Waals surface area contributed by atoms with Crippen molar-refractivity contribution in [1.29, 1.82) is 0 Å². The Balaban J connectivity index is 2.37. The van der Waals surface area contributed by atoms with Crippen molar-refractivity contribution in [2.45, 2.75) is 13.5 Å². The van der Waals surface area contributed by atoms with Gasteiger partial charge in [0.15, 0.2) is 0 Å². The number of hydrogen-bond donors (Lipinski definition) is 1. The van der Waals surface area contributed by atoms with Crippen LogP contribution in [0.25, 0.3) is 0 Å². The van der Waals surface area contributed by atoms with Crippen molar-refractivity contribution >= 4 is 55.9 Å². The topological polar surface area (TPSA) is 43.8 Å². The van der Waals surface area contributed by atoms with Crippen LogP contribution in [0.5, 0.6) is 0 Å². The van der Waals surface area contributed by atoms with Crippen molar-refractivity contribution in [3.8, 4) is 0 Å². The minimum absolute atomic E-state index is 0.577. The second kappa shape index (κ2) is 5.16. The maximum atomic E-state index is 6.14. The average molecular weight is 426 g/mol. The molecule has 0 spiro atoms. The number of nitrogens with zero attached hydrogens (tertiary/aromatic N) is 2. The van der Waals surface area contributed by atoms with E-state index in [1.54, 1.807) is 4.68 Å². The summed E-state index contributed by atoms with van der Waals surface area (Å²) in [6.07, 6.45) is 0. The van der Waals surface area contributed by atoms with Crippen molar-refractivity contribution in [3.05, 3.63) is 42.5 Å². The highest BCUT2D eigenvalue weighted by Crippen LogP contribution is 2.24. The van der Waals surface area contributed by atoms with E-state index < -0.39 is 0 Å². The van der Waals surface area contributed by atoms with E-state index in [0.29, 0.717) is 12.4 Å². The summed E-state index contributed by atoms with van der Waals surface area (Å²) < 4.78 is 3.76. The van der Waals surface area contributed by atoms with E-state index in [1.165, 1.54) is 0 Å². The first kappa shape index (κ1) is 13.2. The van der Waals surface area contributed by atoms with Gasteiger partial charge < -0.3 is 5.73 Å². The summed E-state index contributed by atoms with van der Waals surface area (Å²) in [5.41, 5.74) is 7.91. The van der Waals surface area contributed by atoms with Crippen molar-refractivity contribution < 1.29 is 0 Å². The molecule has 0 amide bonds. The fourth-order valence-electron chi connectivity index (χ4n) is 1.52. The number of rotatable bonds is 2. The van der Waals surface area contributed by atoms with Crippen LogP contribution in [-0.4, -0.2) is 9.78 Å². The molecular formula is C11H10BrClIN3. The fraction of sp³-hybridized carbons (Fsp3) is 0.182. The smallest absolute Gasteiger partial charge is 0.135 e. The van der Waals surface area contributed by atoms with Crippen LogP contribution in [0, 0.1) is 10.5 Å². The van der Waals surface area contributed by atoms with Crippen LogP contribution in [-0.2, 0) is 6.54 Å². The Morgan fingerprint density at radius 2 is 2.24 bits per heavy atom. The van der Waals surface area contributed by atoms with Crippen LogP contribution in [0.1, 0.15) is 11.3 Å². The average Bonchev–Trinajstić information content (AvgIpc) is 2.52. The van der Waals surface area contributed by atoms with Gasteiger partial charge in [-0.2, -0.15) is 5.10 Å². The van der Waals surface area contributed by atoms with E-state index in [1.807, 2.05) is 25.1 Å². The van der Waals surface area contributed by atoms with Crippen molar-refractivity contribution in [2.75, 3.05) is 5.73 Å². The number of nitrogens with two attached hydrogens (primary N) is 1. The summed E-state index contributed by atoms with van der Waals surface area (Å²) >= 11 is 11.8. The molecular weight excluding hydrogens is 416 g/mol. The SMILES string of the molecule is Cc1nn(Cc2cc(Br)ccc2Cl)c(N)c1I. The third-order valence-corrected chi connectivity index (χ3v) is 4.61. The normalized spacial score (nSPS) is 10.8. The molecule has 6 heteroatoms. The zero-order valence-electron chi connectivity index (χ0n) is 9.04. The standard InChI is InChI=1S/C11H10BrClIN3/c1-6-10(14)11(15)17(16-6)5-7-4-8(12)2-3-9(7)13/h2-4H,5,15H2,1H3. The van der Waals surface area contributed by atoms with Gasteiger partial charge in [-0.15, -0.1) is 0 Å². The van der Waals surface area contributed by atoms with Crippen molar-refractivity contribution in [3.63, 3.8) is 0 Å². The molecule has 0 saturated carbocycles. The van der Waals surface area contributed by atoms with Gasteiger partial charge in [0.05, 0.1) is 15.8 Å². The summed E-state index contributed by atoms with van der Waals surface area (Å²) in [5, 5.41) is 5.10. The highest BCUT2D eigenvalue weighted by Gasteiger charge is 2.11. The second-order valence-electron chi connectivity index (χ2n) is 3.68. The van der Waals surface area contributed by atoms with Crippen LogP contribution >= 0.6 is 50.1 Å². The number of anilines is 1. The number of aryl methyl sites for hydroxylation is 1. The quantitative estimate of drug-likeness (QED) is 0.742. The molecule has 2 aromatic rings. The third-order valence-electron chi connectivity index (χ3n) is 2.42. The first-order valence-electron chi connectivity index (χ1n) is 4.91. The van der Waals surface area contributed by atoms with Gasteiger partial charge in [0.1, 0.15) is 5.82 Å². The van der Waals surface area contributed by atoms with Gasteiger partial charge in [-0.05, 0) is 53.3 Å². The van der Waals surface area contributed by atoms with E-state index in [4.69, 9.17) is 17.3 Å². The Kier molecular flexibility index (Phi) is 3.99. The van der Waals surface area contributed by atoms with Crippen molar-refractivity contribution in [2.24, 2.45) is 0 Å². The third kappa shape index (κ3) is 2.77. The zero-order chi connectivity index (χ0) is 12.6.